The van der Waals surface area contributed by atoms with Crippen molar-refractivity contribution in [2.75, 3.05) is 5.32 Å². The number of carboxylic acids is 1. The Morgan fingerprint density at radius 2 is 1.80 bits per heavy atom. The Hall–Kier alpha value is -2.95. The van der Waals surface area contributed by atoms with E-state index in [1.165, 1.54) is 12.1 Å². The number of aliphatic carboxylic acids is 1. The quantitative estimate of drug-likeness (QED) is 0.726. The van der Waals surface area contributed by atoms with Crippen molar-refractivity contribution in [2.24, 2.45) is 0 Å². The molecular weight excluding hydrogens is 319 g/mol. The van der Waals surface area contributed by atoms with Gasteiger partial charge in [0, 0.05) is 22.3 Å². The summed E-state index contributed by atoms with van der Waals surface area (Å²) in [6.07, 6.45) is -0.182. The summed E-state index contributed by atoms with van der Waals surface area (Å²) in [5.41, 5.74) is 5.40. The molecule has 3 rings (SSSR count). The van der Waals surface area contributed by atoms with E-state index in [-0.39, 0.29) is 12.2 Å². The highest BCUT2D eigenvalue weighted by Gasteiger charge is 2.16. The average Bonchev–Trinajstić information content (AvgIpc) is 2.50. The number of nitrogens with zero attached hydrogens (tertiary/aromatic N) is 1. The molecule has 0 unspecified atom stereocenters. The summed E-state index contributed by atoms with van der Waals surface area (Å²) in [4.78, 5) is 15.7. The summed E-state index contributed by atoms with van der Waals surface area (Å²) in [5, 5.41) is 13.1. The van der Waals surface area contributed by atoms with Crippen LogP contribution >= 0.6 is 0 Å². The van der Waals surface area contributed by atoms with E-state index in [0.717, 1.165) is 16.8 Å². The van der Waals surface area contributed by atoms with E-state index >= 15 is 0 Å². The number of rotatable bonds is 4. The number of anilines is 2. The molecule has 1 aromatic heterocycles. The molecule has 0 radical (unpaired) electrons. The zero-order chi connectivity index (χ0) is 18.1. The van der Waals surface area contributed by atoms with E-state index in [1.54, 1.807) is 13.0 Å². The van der Waals surface area contributed by atoms with E-state index in [1.807, 2.05) is 26.0 Å². The molecule has 1 heterocycles. The van der Waals surface area contributed by atoms with Crippen molar-refractivity contribution < 1.29 is 14.3 Å². The number of aromatic nitrogens is 1. The highest BCUT2D eigenvalue weighted by molar-refractivity contribution is 5.96. The number of benzene rings is 2. The first-order valence-electron chi connectivity index (χ1n) is 7.99. The highest BCUT2D eigenvalue weighted by Crippen LogP contribution is 2.32. The van der Waals surface area contributed by atoms with Gasteiger partial charge in [-0.05, 0) is 62.2 Å². The molecule has 0 spiro atoms. The molecule has 0 fully saturated rings. The zero-order valence-electron chi connectivity index (χ0n) is 14.4. The summed E-state index contributed by atoms with van der Waals surface area (Å²) in [6.45, 7) is 5.76. The Bertz CT molecular complexity index is 963. The minimum atomic E-state index is -0.955. The smallest absolute Gasteiger partial charge is 0.307 e. The van der Waals surface area contributed by atoms with Crippen molar-refractivity contribution in [3.8, 4) is 0 Å². The first-order chi connectivity index (χ1) is 11.8. The number of aryl methyl sites for hydroxylation is 3. The Morgan fingerprint density at radius 3 is 2.44 bits per heavy atom. The van der Waals surface area contributed by atoms with Crippen LogP contribution in [-0.2, 0) is 11.2 Å². The lowest BCUT2D eigenvalue weighted by molar-refractivity contribution is -0.136. The maximum Gasteiger partial charge on any atom is 0.307 e. The van der Waals surface area contributed by atoms with Gasteiger partial charge >= 0.3 is 5.97 Å². The zero-order valence-corrected chi connectivity index (χ0v) is 14.4. The third-order valence-electron chi connectivity index (χ3n) is 4.07. The van der Waals surface area contributed by atoms with E-state index < -0.39 is 5.97 Å². The first kappa shape index (κ1) is 16.9. The van der Waals surface area contributed by atoms with Gasteiger partial charge in [0.25, 0.3) is 0 Å². The van der Waals surface area contributed by atoms with Crippen LogP contribution in [0.3, 0.4) is 0 Å². The monoisotopic (exact) mass is 338 g/mol. The molecule has 0 saturated heterocycles. The van der Waals surface area contributed by atoms with Crippen LogP contribution in [0.25, 0.3) is 10.9 Å². The second-order valence-electron chi connectivity index (χ2n) is 6.28. The average molecular weight is 338 g/mol. The fourth-order valence-corrected chi connectivity index (χ4v) is 3.10. The van der Waals surface area contributed by atoms with Crippen LogP contribution in [0.1, 0.15) is 22.4 Å². The third kappa shape index (κ3) is 3.60. The molecule has 0 aliphatic rings. The van der Waals surface area contributed by atoms with Gasteiger partial charge in [0.05, 0.1) is 17.6 Å². The molecule has 0 atom stereocenters. The minimum absolute atomic E-state index is 0.182. The predicted octanol–water partition coefficient (Wildman–Crippen LogP) is 4.67. The van der Waals surface area contributed by atoms with Crippen LogP contribution in [0.15, 0.2) is 36.4 Å². The lowest BCUT2D eigenvalue weighted by Crippen LogP contribution is -2.08. The molecule has 128 valence electrons. The number of hydrogen-bond acceptors (Lipinski definition) is 3. The molecule has 0 bridgehead atoms. The van der Waals surface area contributed by atoms with Crippen molar-refractivity contribution in [2.45, 2.75) is 27.2 Å². The summed E-state index contributed by atoms with van der Waals surface area (Å²) >= 11 is 0. The third-order valence-corrected chi connectivity index (χ3v) is 4.07. The fourth-order valence-electron chi connectivity index (χ4n) is 3.10. The van der Waals surface area contributed by atoms with Crippen LogP contribution in [0.2, 0.25) is 0 Å². The molecule has 0 aliphatic heterocycles. The number of nitrogens with one attached hydrogen (secondary N) is 1. The number of pyridine rings is 1. The molecule has 0 saturated carbocycles. The molecule has 2 aromatic carbocycles. The van der Waals surface area contributed by atoms with Gasteiger partial charge in [-0.3, -0.25) is 9.78 Å². The van der Waals surface area contributed by atoms with Crippen LogP contribution < -0.4 is 5.32 Å². The number of carboxylic acid groups (broad SMARTS) is 1. The Labute approximate surface area is 145 Å². The summed E-state index contributed by atoms with van der Waals surface area (Å²) in [5.74, 6) is -1.34. The first-order valence-corrected chi connectivity index (χ1v) is 7.99. The molecule has 4 nitrogen and oxygen atoms in total. The summed E-state index contributed by atoms with van der Waals surface area (Å²) in [7, 11) is 0. The lowest BCUT2D eigenvalue weighted by atomic mass is 10.0. The van der Waals surface area contributed by atoms with Gasteiger partial charge < -0.3 is 10.4 Å². The summed E-state index contributed by atoms with van der Waals surface area (Å²) < 4.78 is 13.8. The second kappa shape index (κ2) is 6.51. The topological polar surface area (TPSA) is 62.2 Å². The van der Waals surface area contributed by atoms with Crippen molar-refractivity contribution in [3.63, 3.8) is 0 Å². The lowest BCUT2D eigenvalue weighted by Gasteiger charge is -2.17. The van der Waals surface area contributed by atoms with Crippen molar-refractivity contribution >= 4 is 28.2 Å². The highest BCUT2D eigenvalue weighted by atomic mass is 19.1. The van der Waals surface area contributed by atoms with Crippen LogP contribution in [0.5, 0.6) is 0 Å². The molecular formula is C20H19FN2O2. The minimum Gasteiger partial charge on any atom is -0.481 e. The van der Waals surface area contributed by atoms with E-state index in [9.17, 15) is 14.3 Å². The van der Waals surface area contributed by atoms with Gasteiger partial charge in [-0.25, -0.2) is 4.39 Å². The van der Waals surface area contributed by atoms with E-state index in [4.69, 9.17) is 0 Å². The van der Waals surface area contributed by atoms with E-state index in [0.29, 0.717) is 27.8 Å². The van der Waals surface area contributed by atoms with Crippen LogP contribution in [0, 0.1) is 26.6 Å². The Kier molecular flexibility index (Phi) is 4.40. The molecule has 3 aromatic rings. The molecule has 25 heavy (non-hydrogen) atoms. The number of hydrogen-bond donors (Lipinski definition) is 2. The number of halogens is 1. The molecule has 0 amide bonds. The van der Waals surface area contributed by atoms with Gasteiger partial charge in [0.15, 0.2) is 0 Å². The van der Waals surface area contributed by atoms with Crippen LogP contribution in [0.4, 0.5) is 15.8 Å². The van der Waals surface area contributed by atoms with Crippen molar-refractivity contribution in [3.05, 3.63) is 64.6 Å². The maximum absolute atomic E-state index is 13.8. The van der Waals surface area contributed by atoms with Crippen LogP contribution in [-0.4, -0.2) is 16.1 Å². The Balaban J connectivity index is 2.24. The standard InChI is InChI=1S/C20H19FN2O2/c1-11-6-12(2)8-15(7-11)23-20-16(10-19(24)25)13(3)22-18-5-4-14(21)9-17(18)20/h4-9H,10H2,1-3H3,(H,22,23)(H,24,25). The maximum atomic E-state index is 13.8. The van der Waals surface area contributed by atoms with Crippen molar-refractivity contribution in [1.29, 1.82) is 0 Å². The largest absolute Gasteiger partial charge is 0.481 e. The number of carbonyl (C=O) groups is 1. The SMILES string of the molecule is Cc1cc(C)cc(Nc2c(CC(=O)O)c(C)nc3ccc(F)cc23)c1. The van der Waals surface area contributed by atoms with Gasteiger partial charge in [0.2, 0.25) is 0 Å². The van der Waals surface area contributed by atoms with Gasteiger partial charge in [-0.15, -0.1) is 0 Å². The van der Waals surface area contributed by atoms with Gasteiger partial charge in [0.1, 0.15) is 5.82 Å². The van der Waals surface area contributed by atoms with E-state index in [2.05, 4.69) is 16.4 Å². The molecule has 0 aliphatic carbocycles. The fraction of sp³-hybridized carbons (Fsp3) is 0.200. The second-order valence-corrected chi connectivity index (χ2v) is 6.28. The summed E-state index contributed by atoms with van der Waals surface area (Å²) in [6, 6.07) is 10.3. The molecule has 2 N–H and O–H groups in total. The molecule has 5 heteroatoms. The van der Waals surface area contributed by atoms with Gasteiger partial charge in [-0.1, -0.05) is 6.07 Å². The normalized spacial score (nSPS) is 10.9. The van der Waals surface area contributed by atoms with Crippen molar-refractivity contribution in [1.82, 2.24) is 4.98 Å². The van der Waals surface area contributed by atoms with Gasteiger partial charge in [-0.2, -0.15) is 0 Å². The predicted molar refractivity (Wildman–Crippen MR) is 97.0 cm³/mol. The Morgan fingerprint density at radius 1 is 1.12 bits per heavy atom. The number of fused-ring (bicyclic) bond motifs is 1.